The average molecular weight is 317 g/mol. The molecule has 1 saturated carbocycles. The smallest absolute Gasteiger partial charge is 0.254 e. The fraction of sp³-hybridized carbons (Fsp3) is 0.706. The number of hydrogen-bond donors (Lipinski definition) is 1. The maximum Gasteiger partial charge on any atom is 0.254 e. The van der Waals surface area contributed by atoms with Crippen molar-refractivity contribution in [3.05, 3.63) is 18.1 Å². The van der Waals surface area contributed by atoms with Crippen LogP contribution >= 0.6 is 0 Å². The van der Waals surface area contributed by atoms with Crippen LogP contribution in [0.1, 0.15) is 57.6 Å². The highest BCUT2D eigenvalue weighted by atomic mass is 16.5. The summed E-state index contributed by atoms with van der Waals surface area (Å²) < 4.78 is 6.95. The molecule has 23 heavy (non-hydrogen) atoms. The van der Waals surface area contributed by atoms with Crippen molar-refractivity contribution in [2.45, 2.75) is 64.5 Å². The Bertz CT molecular complexity index is 620. The van der Waals surface area contributed by atoms with Crippen LogP contribution < -0.4 is 5.32 Å². The molecular weight excluding hydrogens is 290 g/mol. The van der Waals surface area contributed by atoms with E-state index in [0.29, 0.717) is 18.4 Å². The predicted molar refractivity (Wildman–Crippen MR) is 90.4 cm³/mol. The van der Waals surface area contributed by atoms with E-state index in [1.807, 2.05) is 6.07 Å². The highest BCUT2D eigenvalue weighted by Crippen LogP contribution is 2.28. The molecule has 2 aromatic heterocycles. The quantitative estimate of drug-likeness (QED) is 0.847. The maximum atomic E-state index is 5.19. The van der Waals surface area contributed by atoms with Gasteiger partial charge in [-0.2, -0.15) is 14.6 Å². The molecule has 3 rings (SSSR count). The number of ether oxygens (including phenoxy) is 1. The summed E-state index contributed by atoms with van der Waals surface area (Å²) in [5, 5.41) is 7.84. The van der Waals surface area contributed by atoms with Crippen LogP contribution in [0, 0.1) is 5.92 Å². The molecule has 2 aromatic rings. The zero-order valence-corrected chi connectivity index (χ0v) is 14.2. The van der Waals surface area contributed by atoms with E-state index in [1.165, 1.54) is 51.3 Å². The molecule has 0 aromatic carbocycles. The molecule has 0 radical (unpaired) electrons. The zero-order chi connectivity index (χ0) is 16.1. The third-order valence-corrected chi connectivity index (χ3v) is 4.72. The third-order valence-electron chi connectivity index (χ3n) is 4.72. The minimum Gasteiger partial charge on any atom is -0.378 e. The Labute approximate surface area is 137 Å². The Kier molecular flexibility index (Phi) is 5.43. The molecule has 6 nitrogen and oxygen atoms in total. The molecule has 0 bridgehead atoms. The molecule has 1 unspecified atom stereocenters. The molecule has 2 heterocycles. The normalized spacial score (nSPS) is 17.5. The van der Waals surface area contributed by atoms with Crippen LogP contribution in [-0.4, -0.2) is 32.7 Å². The van der Waals surface area contributed by atoms with Gasteiger partial charge in [-0.05, 0) is 25.7 Å². The minimum absolute atomic E-state index is 0.405. The Hall–Kier alpha value is -1.69. The molecular formula is C17H27N5O. The lowest BCUT2D eigenvalue weighted by molar-refractivity contribution is 0.181. The lowest BCUT2D eigenvalue weighted by Crippen LogP contribution is -2.20. The van der Waals surface area contributed by atoms with Gasteiger partial charge in [-0.25, -0.2) is 4.98 Å². The second-order valence-corrected chi connectivity index (χ2v) is 6.66. The molecule has 1 N–H and O–H groups in total. The Morgan fingerprint density at radius 3 is 2.96 bits per heavy atom. The number of rotatable bonds is 7. The van der Waals surface area contributed by atoms with Crippen molar-refractivity contribution in [2.75, 3.05) is 12.4 Å². The molecule has 0 aliphatic heterocycles. The summed E-state index contributed by atoms with van der Waals surface area (Å²) in [6, 6.07) is 2.41. The largest absolute Gasteiger partial charge is 0.378 e. The summed E-state index contributed by atoms with van der Waals surface area (Å²) in [6.45, 7) is 2.72. The van der Waals surface area contributed by atoms with Gasteiger partial charge in [-0.3, -0.25) is 0 Å². The Morgan fingerprint density at radius 1 is 1.35 bits per heavy atom. The highest BCUT2D eigenvalue weighted by Gasteiger charge is 2.15. The summed E-state index contributed by atoms with van der Waals surface area (Å²) >= 11 is 0. The van der Waals surface area contributed by atoms with Crippen LogP contribution in [0.2, 0.25) is 0 Å². The van der Waals surface area contributed by atoms with Crippen molar-refractivity contribution in [3.8, 4) is 0 Å². The minimum atomic E-state index is 0.405. The Balaban J connectivity index is 1.63. The van der Waals surface area contributed by atoms with Crippen molar-refractivity contribution in [1.82, 2.24) is 19.6 Å². The number of anilines is 1. The van der Waals surface area contributed by atoms with E-state index in [0.717, 1.165) is 17.4 Å². The number of hydrogen-bond acceptors (Lipinski definition) is 5. The first-order valence-corrected chi connectivity index (χ1v) is 8.71. The SMILES string of the molecule is COCc1cc(NC(C)CCC2CCCCC2)n2ncnc2n1. The summed E-state index contributed by atoms with van der Waals surface area (Å²) in [5.41, 5.74) is 0.870. The number of methoxy groups -OCH3 is 1. The van der Waals surface area contributed by atoms with Gasteiger partial charge < -0.3 is 10.1 Å². The molecule has 1 aliphatic carbocycles. The van der Waals surface area contributed by atoms with E-state index in [-0.39, 0.29) is 0 Å². The van der Waals surface area contributed by atoms with Gasteiger partial charge in [0, 0.05) is 19.2 Å². The lowest BCUT2D eigenvalue weighted by atomic mass is 9.85. The molecule has 1 aliphatic rings. The third kappa shape index (κ3) is 4.19. The molecule has 0 saturated heterocycles. The first kappa shape index (κ1) is 16.2. The van der Waals surface area contributed by atoms with Crippen molar-refractivity contribution in [2.24, 2.45) is 5.92 Å². The van der Waals surface area contributed by atoms with E-state index >= 15 is 0 Å². The van der Waals surface area contributed by atoms with Gasteiger partial charge in [0.25, 0.3) is 5.78 Å². The van der Waals surface area contributed by atoms with E-state index in [4.69, 9.17) is 4.74 Å². The fourth-order valence-electron chi connectivity index (χ4n) is 3.47. The van der Waals surface area contributed by atoms with Crippen LogP contribution in [0.5, 0.6) is 0 Å². The number of aromatic nitrogens is 4. The average Bonchev–Trinajstić information content (AvgIpc) is 3.03. The summed E-state index contributed by atoms with van der Waals surface area (Å²) in [7, 11) is 1.68. The number of nitrogens with one attached hydrogen (secondary N) is 1. The van der Waals surface area contributed by atoms with E-state index < -0.39 is 0 Å². The van der Waals surface area contributed by atoms with Gasteiger partial charge in [0.1, 0.15) is 12.1 Å². The number of fused-ring (bicyclic) bond motifs is 1. The van der Waals surface area contributed by atoms with Crippen LogP contribution in [0.4, 0.5) is 5.82 Å². The monoisotopic (exact) mass is 317 g/mol. The highest BCUT2D eigenvalue weighted by molar-refractivity contribution is 5.45. The van der Waals surface area contributed by atoms with E-state index in [9.17, 15) is 0 Å². The molecule has 126 valence electrons. The fourth-order valence-corrected chi connectivity index (χ4v) is 3.47. The predicted octanol–water partition coefficient (Wildman–Crippen LogP) is 3.43. The summed E-state index contributed by atoms with van der Waals surface area (Å²) in [6.07, 6.45) is 11.1. The van der Waals surface area contributed by atoms with Crippen LogP contribution in [0.25, 0.3) is 5.78 Å². The first-order chi connectivity index (χ1) is 11.3. The van der Waals surface area contributed by atoms with E-state index in [2.05, 4.69) is 27.3 Å². The van der Waals surface area contributed by atoms with E-state index in [1.54, 1.807) is 11.6 Å². The maximum absolute atomic E-state index is 5.19. The van der Waals surface area contributed by atoms with Gasteiger partial charge in [0.15, 0.2) is 0 Å². The first-order valence-electron chi connectivity index (χ1n) is 8.71. The van der Waals surface area contributed by atoms with Gasteiger partial charge >= 0.3 is 0 Å². The van der Waals surface area contributed by atoms with Crippen LogP contribution in [-0.2, 0) is 11.3 Å². The molecule has 0 amide bonds. The molecule has 6 heteroatoms. The molecule has 1 fully saturated rings. The standard InChI is InChI=1S/C17H27N5O/c1-13(8-9-14-6-4-3-5-7-14)20-16-10-15(11-23-2)21-17-18-12-19-22(16)17/h10,12-14,20H,3-9,11H2,1-2H3. The van der Waals surface area contributed by atoms with Crippen LogP contribution in [0.15, 0.2) is 12.4 Å². The lowest BCUT2D eigenvalue weighted by Gasteiger charge is -2.23. The van der Waals surface area contributed by atoms with Crippen LogP contribution in [0.3, 0.4) is 0 Å². The van der Waals surface area contributed by atoms with Gasteiger partial charge in [0.05, 0.1) is 12.3 Å². The zero-order valence-electron chi connectivity index (χ0n) is 14.2. The van der Waals surface area contributed by atoms with Gasteiger partial charge in [-0.15, -0.1) is 0 Å². The topological polar surface area (TPSA) is 64.3 Å². The second kappa shape index (κ2) is 7.73. The van der Waals surface area contributed by atoms with Gasteiger partial charge in [0.2, 0.25) is 0 Å². The van der Waals surface area contributed by atoms with Crippen molar-refractivity contribution in [1.29, 1.82) is 0 Å². The van der Waals surface area contributed by atoms with Gasteiger partial charge in [-0.1, -0.05) is 32.1 Å². The van der Waals surface area contributed by atoms with Crippen molar-refractivity contribution < 1.29 is 4.74 Å². The van der Waals surface area contributed by atoms with Crippen molar-refractivity contribution >= 4 is 11.6 Å². The summed E-state index contributed by atoms with van der Waals surface area (Å²) in [4.78, 5) is 8.63. The van der Waals surface area contributed by atoms with Crippen molar-refractivity contribution in [3.63, 3.8) is 0 Å². The Morgan fingerprint density at radius 2 is 2.17 bits per heavy atom. The molecule has 1 atom stereocenters. The second-order valence-electron chi connectivity index (χ2n) is 6.66. The number of nitrogens with zero attached hydrogens (tertiary/aromatic N) is 4. The summed E-state index contributed by atoms with van der Waals surface area (Å²) in [5.74, 6) is 2.47. The molecule has 0 spiro atoms.